The molecule has 0 aliphatic carbocycles. The monoisotopic (exact) mass is 287 g/mol. The van der Waals surface area contributed by atoms with E-state index in [4.69, 9.17) is 9.47 Å². The Labute approximate surface area is 124 Å². The van der Waals surface area contributed by atoms with E-state index in [2.05, 4.69) is 6.92 Å². The molecule has 2 aromatic rings. The Morgan fingerprint density at radius 2 is 2.14 bits per heavy atom. The van der Waals surface area contributed by atoms with E-state index in [0.717, 1.165) is 30.3 Å². The lowest BCUT2D eigenvalue weighted by Crippen LogP contribution is -2.31. The lowest BCUT2D eigenvalue weighted by atomic mass is 10.1. The summed E-state index contributed by atoms with van der Waals surface area (Å²) >= 11 is 0. The quantitative estimate of drug-likeness (QED) is 0.868. The van der Waals surface area contributed by atoms with Crippen LogP contribution in [-0.2, 0) is 16.0 Å². The van der Waals surface area contributed by atoms with E-state index >= 15 is 0 Å². The Morgan fingerprint density at radius 1 is 1.29 bits per heavy atom. The molecule has 0 amide bonds. The summed E-state index contributed by atoms with van der Waals surface area (Å²) in [5.74, 6) is 0. The first kappa shape index (κ1) is 14.3. The summed E-state index contributed by atoms with van der Waals surface area (Å²) < 4.78 is 13.0. The number of rotatable bonds is 4. The van der Waals surface area contributed by atoms with Gasteiger partial charge in [0.2, 0.25) is 0 Å². The van der Waals surface area contributed by atoms with Gasteiger partial charge >= 0.3 is 0 Å². The van der Waals surface area contributed by atoms with Gasteiger partial charge in [0.15, 0.2) is 0 Å². The van der Waals surface area contributed by atoms with Crippen LogP contribution in [0.15, 0.2) is 35.1 Å². The molecule has 3 rings (SSSR count). The largest absolute Gasteiger partial charge is 0.376 e. The number of benzene rings is 1. The van der Waals surface area contributed by atoms with Gasteiger partial charge in [-0.15, -0.1) is 0 Å². The van der Waals surface area contributed by atoms with Gasteiger partial charge < -0.3 is 14.0 Å². The van der Waals surface area contributed by atoms with E-state index in [-0.39, 0.29) is 11.7 Å². The van der Waals surface area contributed by atoms with E-state index in [0.29, 0.717) is 25.4 Å². The fraction of sp³-hybridized carbons (Fsp3) is 0.471. The second-order valence-electron chi connectivity index (χ2n) is 5.40. The predicted molar refractivity (Wildman–Crippen MR) is 82.6 cm³/mol. The SMILES string of the molecule is CCCCn1c(=O)c(C2COCCO2)cc2ccccc21. The third-order valence-electron chi connectivity index (χ3n) is 3.93. The number of para-hydroxylation sites is 1. The van der Waals surface area contributed by atoms with Gasteiger partial charge in [-0.25, -0.2) is 0 Å². The van der Waals surface area contributed by atoms with Crippen LogP contribution >= 0.6 is 0 Å². The minimum absolute atomic E-state index is 0.0534. The van der Waals surface area contributed by atoms with Gasteiger partial charge in [0.05, 0.1) is 25.3 Å². The Bertz CT molecular complexity index is 671. The number of ether oxygens (including phenoxy) is 2. The van der Waals surface area contributed by atoms with Gasteiger partial charge in [-0.2, -0.15) is 0 Å². The average molecular weight is 287 g/mol. The van der Waals surface area contributed by atoms with Crippen LogP contribution in [-0.4, -0.2) is 24.4 Å². The van der Waals surface area contributed by atoms with Crippen molar-refractivity contribution in [2.45, 2.75) is 32.4 Å². The number of hydrogen-bond acceptors (Lipinski definition) is 3. The highest BCUT2D eigenvalue weighted by molar-refractivity contribution is 5.79. The highest BCUT2D eigenvalue weighted by Crippen LogP contribution is 2.22. The van der Waals surface area contributed by atoms with Crippen LogP contribution in [0.25, 0.3) is 10.9 Å². The summed E-state index contributed by atoms with van der Waals surface area (Å²) in [6.45, 7) is 4.49. The number of hydrogen-bond donors (Lipinski definition) is 0. The molecule has 0 radical (unpaired) electrons. The molecular formula is C17H21NO3. The molecule has 4 nitrogen and oxygen atoms in total. The molecule has 1 aromatic carbocycles. The standard InChI is InChI=1S/C17H21NO3/c1-2-3-8-18-15-7-5-4-6-13(15)11-14(17(18)19)16-12-20-9-10-21-16/h4-7,11,16H,2-3,8-10,12H2,1H3. The van der Waals surface area contributed by atoms with Crippen molar-refractivity contribution in [2.24, 2.45) is 0 Å². The first-order chi connectivity index (χ1) is 10.3. The van der Waals surface area contributed by atoms with Crippen molar-refractivity contribution >= 4 is 10.9 Å². The van der Waals surface area contributed by atoms with E-state index < -0.39 is 0 Å². The average Bonchev–Trinajstić information content (AvgIpc) is 2.54. The smallest absolute Gasteiger partial charge is 0.256 e. The molecule has 0 spiro atoms. The van der Waals surface area contributed by atoms with Crippen LogP contribution in [0.2, 0.25) is 0 Å². The summed E-state index contributed by atoms with van der Waals surface area (Å²) in [6.07, 6.45) is 1.81. The second kappa shape index (κ2) is 6.41. The third kappa shape index (κ3) is 2.87. The molecular weight excluding hydrogens is 266 g/mol. The number of fused-ring (bicyclic) bond motifs is 1. The van der Waals surface area contributed by atoms with Crippen LogP contribution in [0.1, 0.15) is 31.4 Å². The zero-order valence-corrected chi connectivity index (χ0v) is 12.4. The molecule has 1 saturated heterocycles. The summed E-state index contributed by atoms with van der Waals surface area (Å²) in [4.78, 5) is 12.8. The maximum Gasteiger partial charge on any atom is 0.256 e. The molecule has 1 atom stereocenters. The second-order valence-corrected chi connectivity index (χ2v) is 5.40. The van der Waals surface area contributed by atoms with Crippen molar-refractivity contribution in [3.05, 3.63) is 46.2 Å². The minimum atomic E-state index is -0.247. The molecule has 1 aliphatic rings. The zero-order valence-electron chi connectivity index (χ0n) is 12.4. The number of unbranched alkanes of at least 4 members (excludes halogenated alkanes) is 1. The summed E-state index contributed by atoms with van der Waals surface area (Å²) in [5.41, 5.74) is 1.76. The van der Waals surface area contributed by atoms with Gasteiger partial charge in [0, 0.05) is 12.1 Å². The topological polar surface area (TPSA) is 40.5 Å². The van der Waals surface area contributed by atoms with E-state index in [9.17, 15) is 4.79 Å². The molecule has 2 heterocycles. The van der Waals surface area contributed by atoms with Gasteiger partial charge in [0.25, 0.3) is 5.56 Å². The van der Waals surface area contributed by atoms with Gasteiger partial charge in [-0.05, 0) is 23.9 Å². The lowest BCUT2D eigenvalue weighted by molar-refractivity contribution is -0.0907. The maximum atomic E-state index is 12.8. The normalized spacial score (nSPS) is 19.0. The first-order valence-electron chi connectivity index (χ1n) is 7.63. The van der Waals surface area contributed by atoms with Crippen molar-refractivity contribution in [2.75, 3.05) is 19.8 Å². The Kier molecular flexibility index (Phi) is 4.36. The number of aromatic nitrogens is 1. The van der Waals surface area contributed by atoms with Crippen LogP contribution < -0.4 is 5.56 Å². The molecule has 0 saturated carbocycles. The first-order valence-corrected chi connectivity index (χ1v) is 7.63. The molecule has 0 bridgehead atoms. The minimum Gasteiger partial charge on any atom is -0.376 e. The van der Waals surface area contributed by atoms with Crippen molar-refractivity contribution in [1.82, 2.24) is 4.57 Å². The van der Waals surface area contributed by atoms with Crippen LogP contribution in [0.3, 0.4) is 0 Å². The number of nitrogens with zero attached hydrogens (tertiary/aromatic N) is 1. The molecule has 1 fully saturated rings. The predicted octanol–water partition coefficient (Wildman–Crippen LogP) is 2.89. The Morgan fingerprint density at radius 3 is 2.90 bits per heavy atom. The fourth-order valence-electron chi connectivity index (χ4n) is 2.79. The van der Waals surface area contributed by atoms with E-state index in [1.54, 1.807) is 0 Å². The molecule has 1 aromatic heterocycles. The molecule has 112 valence electrons. The molecule has 0 N–H and O–H groups in total. The number of aryl methyl sites for hydroxylation is 1. The molecule has 1 aliphatic heterocycles. The highest BCUT2D eigenvalue weighted by Gasteiger charge is 2.21. The van der Waals surface area contributed by atoms with Crippen molar-refractivity contribution in [3.63, 3.8) is 0 Å². The van der Waals surface area contributed by atoms with Gasteiger partial charge in [-0.3, -0.25) is 4.79 Å². The van der Waals surface area contributed by atoms with Gasteiger partial charge in [-0.1, -0.05) is 31.5 Å². The van der Waals surface area contributed by atoms with Crippen molar-refractivity contribution < 1.29 is 9.47 Å². The van der Waals surface area contributed by atoms with Crippen LogP contribution in [0.4, 0.5) is 0 Å². The van der Waals surface area contributed by atoms with Crippen LogP contribution in [0.5, 0.6) is 0 Å². The zero-order chi connectivity index (χ0) is 14.7. The third-order valence-corrected chi connectivity index (χ3v) is 3.93. The van der Waals surface area contributed by atoms with E-state index in [1.807, 2.05) is 34.9 Å². The lowest BCUT2D eigenvalue weighted by Gasteiger charge is -2.24. The molecule has 21 heavy (non-hydrogen) atoms. The Hall–Kier alpha value is -1.65. The van der Waals surface area contributed by atoms with Crippen molar-refractivity contribution in [1.29, 1.82) is 0 Å². The molecule has 4 heteroatoms. The highest BCUT2D eigenvalue weighted by atomic mass is 16.6. The summed E-state index contributed by atoms with van der Waals surface area (Å²) in [5, 5.41) is 1.08. The van der Waals surface area contributed by atoms with Crippen molar-refractivity contribution in [3.8, 4) is 0 Å². The maximum absolute atomic E-state index is 12.8. The van der Waals surface area contributed by atoms with E-state index in [1.165, 1.54) is 0 Å². The molecule has 1 unspecified atom stereocenters. The number of pyridine rings is 1. The summed E-state index contributed by atoms with van der Waals surface area (Å²) in [6, 6.07) is 9.99. The summed E-state index contributed by atoms with van der Waals surface area (Å²) in [7, 11) is 0. The van der Waals surface area contributed by atoms with Gasteiger partial charge in [0.1, 0.15) is 6.10 Å². The Balaban J connectivity index is 2.11. The fourth-order valence-corrected chi connectivity index (χ4v) is 2.79. The van der Waals surface area contributed by atoms with Crippen LogP contribution in [0, 0.1) is 0 Å².